The molecule has 1 fully saturated rings. The number of nitrogens with one attached hydrogen (secondary N) is 4. The molecule has 1 saturated heterocycles. The molecule has 2 aromatic rings. The Morgan fingerprint density at radius 3 is 2.80 bits per heavy atom. The van der Waals surface area contributed by atoms with Gasteiger partial charge < -0.3 is 20.9 Å². The third-order valence-corrected chi connectivity index (χ3v) is 4.09. The van der Waals surface area contributed by atoms with E-state index in [1.54, 1.807) is 0 Å². The lowest BCUT2D eigenvalue weighted by molar-refractivity contribution is -0.105. The van der Waals surface area contributed by atoms with E-state index in [1.165, 1.54) is 10.9 Å². The molecular weight excluding hydrogens is 252 g/mol. The number of rotatable bonds is 4. The molecule has 20 heavy (non-hydrogen) atoms. The van der Waals surface area contributed by atoms with Crippen LogP contribution in [-0.2, 0) is 4.79 Å². The van der Waals surface area contributed by atoms with Crippen molar-refractivity contribution in [3.8, 4) is 0 Å². The summed E-state index contributed by atoms with van der Waals surface area (Å²) < 4.78 is 0. The second-order valence-corrected chi connectivity index (χ2v) is 5.38. The van der Waals surface area contributed by atoms with Crippen LogP contribution in [0.4, 0.5) is 11.4 Å². The van der Waals surface area contributed by atoms with Crippen molar-refractivity contribution in [1.82, 2.24) is 10.3 Å². The van der Waals surface area contributed by atoms with Crippen molar-refractivity contribution < 1.29 is 4.79 Å². The van der Waals surface area contributed by atoms with Crippen LogP contribution in [0.2, 0.25) is 0 Å². The average molecular weight is 272 g/mol. The molecule has 106 valence electrons. The van der Waals surface area contributed by atoms with Crippen molar-refractivity contribution >= 4 is 28.7 Å². The Morgan fingerprint density at radius 1 is 1.30 bits per heavy atom. The van der Waals surface area contributed by atoms with Crippen LogP contribution in [0.5, 0.6) is 0 Å². The van der Waals surface area contributed by atoms with Crippen molar-refractivity contribution in [2.24, 2.45) is 0 Å². The molecule has 5 heteroatoms. The van der Waals surface area contributed by atoms with Gasteiger partial charge in [0.05, 0.1) is 11.2 Å². The number of fused-ring (bicyclic) bond motifs is 1. The molecule has 3 rings (SSSR count). The number of aromatic nitrogens is 1. The lowest BCUT2D eigenvalue weighted by atomic mass is 10.1. The molecule has 0 radical (unpaired) electrons. The molecular formula is C15H20N4O. The summed E-state index contributed by atoms with van der Waals surface area (Å²) in [7, 11) is 0. The largest absolute Gasteiger partial charge is 0.380 e. The van der Waals surface area contributed by atoms with Crippen LogP contribution in [0.3, 0.4) is 0 Å². The van der Waals surface area contributed by atoms with E-state index in [0.29, 0.717) is 12.5 Å². The quantitative estimate of drug-likeness (QED) is 0.644. The molecule has 5 nitrogen and oxygen atoms in total. The lowest BCUT2D eigenvalue weighted by Crippen LogP contribution is -2.22. The van der Waals surface area contributed by atoms with E-state index in [-0.39, 0.29) is 0 Å². The fourth-order valence-corrected chi connectivity index (χ4v) is 2.89. The molecule has 1 aromatic carbocycles. The Bertz CT molecular complexity index is 641. The third-order valence-electron chi connectivity index (χ3n) is 4.09. The fraction of sp³-hybridized carbons (Fsp3) is 0.400. The number of aromatic amines is 1. The Kier molecular flexibility index (Phi) is 3.36. The van der Waals surface area contributed by atoms with Gasteiger partial charge in [-0.1, -0.05) is 0 Å². The molecule has 4 N–H and O–H groups in total. The van der Waals surface area contributed by atoms with Gasteiger partial charge in [0.25, 0.3) is 0 Å². The van der Waals surface area contributed by atoms with Crippen LogP contribution >= 0.6 is 0 Å². The van der Waals surface area contributed by atoms with E-state index in [1.807, 2.05) is 12.1 Å². The molecule has 0 unspecified atom stereocenters. The van der Waals surface area contributed by atoms with Gasteiger partial charge in [-0.05, 0) is 44.5 Å². The third kappa shape index (κ3) is 2.14. The Labute approximate surface area is 118 Å². The van der Waals surface area contributed by atoms with Gasteiger partial charge in [-0.2, -0.15) is 0 Å². The van der Waals surface area contributed by atoms with Gasteiger partial charge in [-0.15, -0.1) is 0 Å². The first-order valence-electron chi connectivity index (χ1n) is 7.00. The summed E-state index contributed by atoms with van der Waals surface area (Å²) in [4.78, 5) is 14.1. The molecule has 0 aliphatic carbocycles. The number of hydrogen-bond acceptors (Lipinski definition) is 3. The summed E-state index contributed by atoms with van der Waals surface area (Å²) in [6.07, 6.45) is 1.85. The number of aryl methyl sites for hydroxylation is 2. The topological polar surface area (TPSA) is 69.0 Å². The van der Waals surface area contributed by atoms with Gasteiger partial charge in [0.15, 0.2) is 0 Å². The fourth-order valence-electron chi connectivity index (χ4n) is 2.89. The smallest absolute Gasteiger partial charge is 0.211 e. The Hall–Kier alpha value is -2.01. The van der Waals surface area contributed by atoms with Gasteiger partial charge in [0.1, 0.15) is 0 Å². The van der Waals surface area contributed by atoms with Crippen molar-refractivity contribution in [2.75, 3.05) is 23.7 Å². The zero-order chi connectivity index (χ0) is 14.1. The first kappa shape index (κ1) is 13.0. The van der Waals surface area contributed by atoms with Crippen LogP contribution in [0, 0.1) is 13.8 Å². The Morgan fingerprint density at radius 2 is 2.10 bits per heavy atom. The predicted octanol–water partition coefficient (Wildman–Crippen LogP) is 2.13. The molecule has 0 saturated carbocycles. The van der Waals surface area contributed by atoms with Crippen molar-refractivity contribution in [2.45, 2.75) is 26.3 Å². The van der Waals surface area contributed by atoms with Crippen LogP contribution in [-0.4, -0.2) is 30.5 Å². The standard InChI is InChI=1S/C15H20N4O/c1-9-10(2)18-15-13(17-8-20)4-3-12(14(9)15)19-11-5-6-16-7-11/h3-4,8,11,16,18-19H,5-7H2,1-2H3,(H,17,20)/t11-/m0/s1. The summed E-state index contributed by atoms with van der Waals surface area (Å²) in [5, 5.41) is 10.9. The molecule has 1 aromatic heterocycles. The van der Waals surface area contributed by atoms with E-state index in [2.05, 4.69) is 34.8 Å². The normalized spacial score (nSPS) is 18.4. The van der Waals surface area contributed by atoms with Crippen molar-refractivity contribution in [3.05, 3.63) is 23.4 Å². The minimum Gasteiger partial charge on any atom is -0.380 e. The number of amides is 1. The zero-order valence-electron chi connectivity index (χ0n) is 11.8. The summed E-state index contributed by atoms with van der Waals surface area (Å²) in [6, 6.07) is 4.46. The zero-order valence-corrected chi connectivity index (χ0v) is 11.8. The number of anilines is 2. The highest BCUT2D eigenvalue weighted by molar-refractivity contribution is 6.04. The maximum absolute atomic E-state index is 10.7. The molecule has 1 aliphatic heterocycles. The summed E-state index contributed by atoms with van der Waals surface area (Å²) in [6.45, 7) is 6.23. The number of hydrogen-bond donors (Lipinski definition) is 4. The van der Waals surface area contributed by atoms with Crippen LogP contribution in [0.15, 0.2) is 12.1 Å². The van der Waals surface area contributed by atoms with Crippen molar-refractivity contribution in [3.63, 3.8) is 0 Å². The molecule has 1 amide bonds. The van der Waals surface area contributed by atoms with E-state index in [0.717, 1.165) is 42.1 Å². The van der Waals surface area contributed by atoms with Gasteiger partial charge in [0.2, 0.25) is 6.41 Å². The summed E-state index contributed by atoms with van der Waals surface area (Å²) >= 11 is 0. The Balaban J connectivity index is 2.07. The monoisotopic (exact) mass is 272 g/mol. The van der Waals surface area contributed by atoms with Gasteiger partial charge >= 0.3 is 0 Å². The van der Waals surface area contributed by atoms with Gasteiger partial charge in [-0.25, -0.2) is 0 Å². The summed E-state index contributed by atoms with van der Waals surface area (Å²) in [5.74, 6) is 0. The van der Waals surface area contributed by atoms with E-state index in [9.17, 15) is 4.79 Å². The maximum atomic E-state index is 10.7. The second kappa shape index (κ2) is 5.17. The minimum absolute atomic E-state index is 0.470. The predicted molar refractivity (Wildman–Crippen MR) is 82.4 cm³/mol. The lowest BCUT2D eigenvalue weighted by Gasteiger charge is -2.15. The summed E-state index contributed by atoms with van der Waals surface area (Å²) in [5.41, 5.74) is 5.30. The first-order chi connectivity index (χ1) is 9.70. The second-order valence-electron chi connectivity index (χ2n) is 5.38. The van der Waals surface area contributed by atoms with E-state index in [4.69, 9.17) is 0 Å². The highest BCUT2D eigenvalue weighted by atomic mass is 16.1. The molecule has 0 spiro atoms. The van der Waals surface area contributed by atoms with Crippen LogP contribution in [0.1, 0.15) is 17.7 Å². The van der Waals surface area contributed by atoms with E-state index >= 15 is 0 Å². The van der Waals surface area contributed by atoms with Gasteiger partial charge in [-0.3, -0.25) is 4.79 Å². The number of H-pyrrole nitrogens is 1. The van der Waals surface area contributed by atoms with Gasteiger partial charge in [0, 0.05) is 29.4 Å². The molecule has 2 heterocycles. The average Bonchev–Trinajstić information content (AvgIpc) is 3.03. The first-order valence-corrected chi connectivity index (χ1v) is 7.00. The maximum Gasteiger partial charge on any atom is 0.211 e. The highest BCUT2D eigenvalue weighted by Crippen LogP contribution is 2.34. The number of benzene rings is 1. The van der Waals surface area contributed by atoms with Crippen LogP contribution in [0.25, 0.3) is 10.9 Å². The van der Waals surface area contributed by atoms with E-state index < -0.39 is 0 Å². The highest BCUT2D eigenvalue weighted by Gasteiger charge is 2.18. The number of carbonyl (C=O) groups is 1. The molecule has 1 aliphatic rings. The molecule has 1 atom stereocenters. The SMILES string of the molecule is Cc1[nH]c2c(NC=O)ccc(N[C@H]3CCNC3)c2c1C. The minimum atomic E-state index is 0.470. The molecule has 0 bridgehead atoms. The van der Waals surface area contributed by atoms with Crippen molar-refractivity contribution in [1.29, 1.82) is 0 Å². The number of carbonyl (C=O) groups excluding carboxylic acids is 1. The van der Waals surface area contributed by atoms with Crippen LogP contribution < -0.4 is 16.0 Å².